The fourth-order valence-corrected chi connectivity index (χ4v) is 4.44. The SMILES string of the molecule is CC1CC2OC2CC1CC1CCCCC1(C)C(=O)O. The van der Waals surface area contributed by atoms with E-state index in [0.717, 1.165) is 32.1 Å². The molecule has 3 rings (SSSR count). The highest BCUT2D eigenvalue weighted by Gasteiger charge is 2.49. The molecule has 0 spiro atoms. The zero-order valence-electron chi connectivity index (χ0n) is 12.1. The van der Waals surface area contributed by atoms with Gasteiger partial charge in [-0.05, 0) is 56.8 Å². The predicted molar refractivity (Wildman–Crippen MR) is 72.9 cm³/mol. The van der Waals surface area contributed by atoms with Crippen LogP contribution in [0.1, 0.15) is 58.8 Å². The van der Waals surface area contributed by atoms with Crippen LogP contribution in [-0.2, 0) is 9.53 Å². The third-order valence-corrected chi connectivity index (χ3v) is 6.11. The molecule has 0 aromatic heterocycles. The van der Waals surface area contributed by atoms with Gasteiger partial charge in [-0.3, -0.25) is 4.79 Å². The molecule has 6 unspecified atom stereocenters. The van der Waals surface area contributed by atoms with Gasteiger partial charge in [0, 0.05) is 0 Å². The first-order valence-electron chi connectivity index (χ1n) is 7.89. The van der Waals surface area contributed by atoms with Gasteiger partial charge in [-0.15, -0.1) is 0 Å². The Morgan fingerprint density at radius 3 is 2.79 bits per heavy atom. The summed E-state index contributed by atoms with van der Waals surface area (Å²) in [5.41, 5.74) is -0.487. The second-order valence-electron chi connectivity index (χ2n) is 7.32. The van der Waals surface area contributed by atoms with Crippen LogP contribution in [0.5, 0.6) is 0 Å². The summed E-state index contributed by atoms with van der Waals surface area (Å²) in [5.74, 6) is 1.15. The highest BCUT2D eigenvalue weighted by molar-refractivity contribution is 5.74. The zero-order chi connectivity index (χ0) is 13.6. The summed E-state index contributed by atoms with van der Waals surface area (Å²) in [6.45, 7) is 4.30. The van der Waals surface area contributed by atoms with Gasteiger partial charge in [-0.2, -0.15) is 0 Å². The number of carboxylic acids is 1. The summed E-state index contributed by atoms with van der Waals surface area (Å²) in [4.78, 5) is 11.7. The van der Waals surface area contributed by atoms with Gasteiger partial charge in [0.05, 0.1) is 17.6 Å². The average Bonchev–Trinajstić information content (AvgIpc) is 3.10. The van der Waals surface area contributed by atoms with Crippen LogP contribution in [0.25, 0.3) is 0 Å². The molecule has 3 heteroatoms. The monoisotopic (exact) mass is 266 g/mol. The molecule has 1 heterocycles. The quantitative estimate of drug-likeness (QED) is 0.796. The van der Waals surface area contributed by atoms with Gasteiger partial charge in [0.15, 0.2) is 0 Å². The van der Waals surface area contributed by atoms with E-state index in [1.165, 1.54) is 12.8 Å². The first-order chi connectivity index (χ1) is 9.00. The van der Waals surface area contributed by atoms with E-state index >= 15 is 0 Å². The highest BCUT2D eigenvalue weighted by atomic mass is 16.6. The maximum absolute atomic E-state index is 11.7. The van der Waals surface area contributed by atoms with Crippen molar-refractivity contribution in [3.05, 3.63) is 0 Å². The van der Waals surface area contributed by atoms with Crippen molar-refractivity contribution in [2.75, 3.05) is 0 Å². The number of ether oxygens (including phenoxy) is 1. The minimum absolute atomic E-state index is 0.362. The molecule has 1 saturated heterocycles. The third-order valence-electron chi connectivity index (χ3n) is 6.11. The van der Waals surface area contributed by atoms with Gasteiger partial charge in [0.1, 0.15) is 0 Å². The number of rotatable bonds is 3. The predicted octanol–water partition coefficient (Wildman–Crippen LogP) is 3.47. The van der Waals surface area contributed by atoms with Crippen LogP contribution < -0.4 is 0 Å². The van der Waals surface area contributed by atoms with Crippen molar-refractivity contribution in [2.45, 2.75) is 71.0 Å². The molecule has 3 fully saturated rings. The molecule has 108 valence electrons. The van der Waals surface area contributed by atoms with E-state index in [0.29, 0.717) is 30.0 Å². The Labute approximate surface area is 115 Å². The van der Waals surface area contributed by atoms with E-state index in [2.05, 4.69) is 6.92 Å². The van der Waals surface area contributed by atoms with Crippen molar-refractivity contribution < 1.29 is 14.6 Å². The van der Waals surface area contributed by atoms with Crippen LogP contribution in [0.3, 0.4) is 0 Å². The van der Waals surface area contributed by atoms with Crippen molar-refractivity contribution in [3.8, 4) is 0 Å². The Morgan fingerprint density at radius 2 is 2.05 bits per heavy atom. The fraction of sp³-hybridized carbons (Fsp3) is 0.938. The molecule has 19 heavy (non-hydrogen) atoms. The Hall–Kier alpha value is -0.570. The number of hydrogen-bond donors (Lipinski definition) is 1. The molecule has 3 nitrogen and oxygen atoms in total. The zero-order valence-corrected chi connectivity index (χ0v) is 12.1. The molecular formula is C16H26O3. The number of fused-ring (bicyclic) bond motifs is 1. The summed E-state index contributed by atoms with van der Waals surface area (Å²) >= 11 is 0. The fourth-order valence-electron chi connectivity index (χ4n) is 4.44. The van der Waals surface area contributed by atoms with Crippen LogP contribution >= 0.6 is 0 Å². The van der Waals surface area contributed by atoms with E-state index in [1.807, 2.05) is 6.92 Å². The first-order valence-corrected chi connectivity index (χ1v) is 7.89. The standard InChI is InChI=1S/C16H26O3/c1-10-7-13-14(19-13)9-11(10)8-12-5-3-4-6-16(12,2)15(17)18/h10-14H,3-9H2,1-2H3,(H,17,18). The summed E-state index contributed by atoms with van der Waals surface area (Å²) in [7, 11) is 0. The summed E-state index contributed by atoms with van der Waals surface area (Å²) in [6.07, 6.45) is 8.71. The van der Waals surface area contributed by atoms with Gasteiger partial charge in [-0.1, -0.05) is 19.8 Å². The second kappa shape index (κ2) is 4.76. The lowest BCUT2D eigenvalue weighted by atomic mass is 9.62. The largest absolute Gasteiger partial charge is 0.481 e. The summed E-state index contributed by atoms with van der Waals surface area (Å²) in [5, 5.41) is 9.60. The maximum atomic E-state index is 11.7. The number of carbonyl (C=O) groups is 1. The minimum Gasteiger partial charge on any atom is -0.481 e. The molecule has 2 saturated carbocycles. The van der Waals surface area contributed by atoms with Crippen LogP contribution in [0.4, 0.5) is 0 Å². The van der Waals surface area contributed by atoms with E-state index in [1.54, 1.807) is 0 Å². The molecule has 1 N–H and O–H groups in total. The van der Waals surface area contributed by atoms with Crippen molar-refractivity contribution in [2.24, 2.45) is 23.2 Å². The lowest BCUT2D eigenvalue weighted by Gasteiger charge is -2.41. The van der Waals surface area contributed by atoms with E-state index < -0.39 is 11.4 Å². The van der Waals surface area contributed by atoms with E-state index in [-0.39, 0.29) is 0 Å². The highest BCUT2D eigenvalue weighted by Crippen LogP contribution is 2.50. The lowest BCUT2D eigenvalue weighted by molar-refractivity contribution is -0.154. The van der Waals surface area contributed by atoms with Gasteiger partial charge in [-0.25, -0.2) is 0 Å². The van der Waals surface area contributed by atoms with Crippen molar-refractivity contribution in [1.29, 1.82) is 0 Å². The first kappa shape index (κ1) is 13.4. The Morgan fingerprint density at radius 1 is 1.32 bits per heavy atom. The number of aliphatic carboxylic acids is 1. The molecule has 0 amide bonds. The molecule has 1 aliphatic heterocycles. The average molecular weight is 266 g/mol. The topological polar surface area (TPSA) is 49.8 Å². The van der Waals surface area contributed by atoms with Crippen LogP contribution in [-0.4, -0.2) is 23.3 Å². The van der Waals surface area contributed by atoms with E-state index in [9.17, 15) is 9.90 Å². The van der Waals surface area contributed by atoms with Crippen molar-refractivity contribution in [3.63, 3.8) is 0 Å². The molecule has 0 bridgehead atoms. The van der Waals surface area contributed by atoms with Gasteiger partial charge < -0.3 is 9.84 Å². The molecule has 6 atom stereocenters. The normalized spacial score (nSPS) is 49.5. The van der Waals surface area contributed by atoms with Crippen LogP contribution in [0.2, 0.25) is 0 Å². The Bertz CT molecular complexity index is 367. The number of hydrogen-bond acceptors (Lipinski definition) is 2. The van der Waals surface area contributed by atoms with Crippen LogP contribution in [0.15, 0.2) is 0 Å². The number of epoxide rings is 1. The molecule has 0 radical (unpaired) electrons. The Kier molecular flexibility index (Phi) is 3.36. The lowest BCUT2D eigenvalue weighted by Crippen LogP contribution is -2.40. The molecule has 0 aromatic carbocycles. The maximum Gasteiger partial charge on any atom is 0.309 e. The molecular weight excluding hydrogens is 240 g/mol. The van der Waals surface area contributed by atoms with Crippen molar-refractivity contribution in [1.82, 2.24) is 0 Å². The van der Waals surface area contributed by atoms with Crippen LogP contribution in [0, 0.1) is 23.2 Å². The third kappa shape index (κ3) is 2.42. The molecule has 0 aromatic rings. The van der Waals surface area contributed by atoms with Gasteiger partial charge >= 0.3 is 5.97 Å². The van der Waals surface area contributed by atoms with Crippen molar-refractivity contribution >= 4 is 5.97 Å². The smallest absolute Gasteiger partial charge is 0.309 e. The van der Waals surface area contributed by atoms with Gasteiger partial charge in [0.2, 0.25) is 0 Å². The Balaban J connectivity index is 1.68. The molecule has 3 aliphatic rings. The summed E-state index contributed by atoms with van der Waals surface area (Å²) < 4.78 is 5.65. The van der Waals surface area contributed by atoms with E-state index in [4.69, 9.17) is 4.74 Å². The minimum atomic E-state index is -0.582. The number of carboxylic acid groups (broad SMARTS) is 1. The molecule has 2 aliphatic carbocycles. The second-order valence-corrected chi connectivity index (χ2v) is 7.32. The summed E-state index contributed by atoms with van der Waals surface area (Å²) in [6, 6.07) is 0. The van der Waals surface area contributed by atoms with Gasteiger partial charge in [0.25, 0.3) is 0 Å².